The summed E-state index contributed by atoms with van der Waals surface area (Å²) in [6, 6.07) is 0. The summed E-state index contributed by atoms with van der Waals surface area (Å²) in [6.45, 7) is 0.415. The summed E-state index contributed by atoms with van der Waals surface area (Å²) < 4.78 is 23.4. The molecule has 0 saturated carbocycles. The highest BCUT2D eigenvalue weighted by molar-refractivity contribution is 8.00. The molecule has 18 heavy (non-hydrogen) atoms. The van der Waals surface area contributed by atoms with Crippen molar-refractivity contribution in [2.75, 3.05) is 30.0 Å². The third-order valence-corrected chi connectivity index (χ3v) is 5.90. The number of thiazole rings is 1. The van der Waals surface area contributed by atoms with Crippen molar-refractivity contribution in [2.45, 2.75) is 5.37 Å². The van der Waals surface area contributed by atoms with Gasteiger partial charge in [0.1, 0.15) is 11.1 Å². The fraction of sp³-hybridized carbons (Fsp3) is 0.556. The molecule has 1 atom stereocenters. The lowest BCUT2D eigenvalue weighted by molar-refractivity contribution is 0.0744. The number of aromatic nitrogens is 1. The standard InChI is InChI=1S/C9H13N3O3S3/c1-18(14,15)7-5-16-3-2-12(7)8(13)6-4-17-9(10)11-6/h4,7H,2-3,5H2,1H3,(H2,10,11). The Balaban J connectivity index is 2.27. The number of anilines is 1. The third-order valence-electron chi connectivity index (χ3n) is 2.58. The van der Waals surface area contributed by atoms with E-state index in [1.807, 2.05) is 0 Å². The molecule has 1 unspecified atom stereocenters. The molecule has 1 fully saturated rings. The van der Waals surface area contributed by atoms with Gasteiger partial charge < -0.3 is 10.6 Å². The molecule has 1 saturated heterocycles. The molecule has 6 nitrogen and oxygen atoms in total. The maximum Gasteiger partial charge on any atom is 0.274 e. The van der Waals surface area contributed by atoms with Crippen LogP contribution in [-0.2, 0) is 9.84 Å². The third kappa shape index (κ3) is 2.78. The smallest absolute Gasteiger partial charge is 0.274 e. The monoisotopic (exact) mass is 307 g/mol. The van der Waals surface area contributed by atoms with Crippen LogP contribution in [0.15, 0.2) is 5.38 Å². The van der Waals surface area contributed by atoms with Crippen LogP contribution < -0.4 is 5.73 Å². The van der Waals surface area contributed by atoms with E-state index in [0.29, 0.717) is 17.4 Å². The van der Waals surface area contributed by atoms with Crippen LogP contribution in [0.4, 0.5) is 5.13 Å². The van der Waals surface area contributed by atoms with E-state index in [2.05, 4.69) is 4.98 Å². The lowest BCUT2D eigenvalue weighted by Crippen LogP contribution is -2.50. The molecule has 0 bridgehead atoms. The van der Waals surface area contributed by atoms with Gasteiger partial charge in [-0.25, -0.2) is 13.4 Å². The normalized spacial score (nSPS) is 20.9. The second-order valence-corrected chi connectivity index (χ2v) is 8.17. The first kappa shape index (κ1) is 13.6. The van der Waals surface area contributed by atoms with E-state index in [0.717, 1.165) is 12.0 Å². The minimum absolute atomic E-state index is 0.220. The molecule has 2 N–H and O–H groups in total. The van der Waals surface area contributed by atoms with Crippen LogP contribution in [-0.4, -0.2) is 53.9 Å². The number of hydrogen-bond acceptors (Lipinski definition) is 7. The van der Waals surface area contributed by atoms with Gasteiger partial charge in [0.2, 0.25) is 0 Å². The number of amides is 1. The summed E-state index contributed by atoms with van der Waals surface area (Å²) >= 11 is 2.71. The Morgan fingerprint density at radius 3 is 2.89 bits per heavy atom. The van der Waals surface area contributed by atoms with Crippen LogP contribution in [0.5, 0.6) is 0 Å². The van der Waals surface area contributed by atoms with Crippen molar-refractivity contribution in [1.82, 2.24) is 9.88 Å². The molecule has 0 aromatic carbocycles. The van der Waals surface area contributed by atoms with E-state index < -0.39 is 15.2 Å². The zero-order chi connectivity index (χ0) is 13.3. The Morgan fingerprint density at radius 1 is 1.61 bits per heavy atom. The van der Waals surface area contributed by atoms with E-state index in [4.69, 9.17) is 5.73 Å². The van der Waals surface area contributed by atoms with Gasteiger partial charge in [0.15, 0.2) is 15.0 Å². The van der Waals surface area contributed by atoms with Crippen molar-refractivity contribution in [2.24, 2.45) is 0 Å². The van der Waals surface area contributed by atoms with Crippen molar-refractivity contribution in [3.8, 4) is 0 Å². The van der Waals surface area contributed by atoms with E-state index >= 15 is 0 Å². The first-order valence-corrected chi connectivity index (χ1v) is 9.17. The summed E-state index contributed by atoms with van der Waals surface area (Å²) in [5, 5.41) is 1.09. The minimum atomic E-state index is -3.29. The summed E-state index contributed by atoms with van der Waals surface area (Å²) in [5.41, 5.74) is 5.70. The number of sulfone groups is 1. The summed E-state index contributed by atoms with van der Waals surface area (Å²) in [5.74, 6) is 0.778. The fourth-order valence-corrected chi connectivity index (χ4v) is 5.05. The molecule has 100 valence electrons. The van der Waals surface area contributed by atoms with Crippen LogP contribution in [0.1, 0.15) is 10.5 Å². The highest BCUT2D eigenvalue weighted by Crippen LogP contribution is 2.23. The topological polar surface area (TPSA) is 93.4 Å². The van der Waals surface area contributed by atoms with Crippen LogP contribution in [0.25, 0.3) is 0 Å². The van der Waals surface area contributed by atoms with Gasteiger partial charge >= 0.3 is 0 Å². The summed E-state index contributed by atoms with van der Waals surface area (Å²) in [4.78, 5) is 17.5. The number of thioether (sulfide) groups is 1. The maximum atomic E-state index is 12.2. The summed E-state index contributed by atoms with van der Waals surface area (Å²) in [7, 11) is -3.29. The zero-order valence-electron chi connectivity index (χ0n) is 9.70. The lowest BCUT2D eigenvalue weighted by Gasteiger charge is -2.33. The van der Waals surface area contributed by atoms with Crippen LogP contribution >= 0.6 is 23.1 Å². The van der Waals surface area contributed by atoms with E-state index in [1.54, 1.807) is 5.38 Å². The van der Waals surface area contributed by atoms with Gasteiger partial charge in [-0.3, -0.25) is 4.79 Å². The first-order valence-electron chi connectivity index (χ1n) is 5.18. The molecule has 9 heteroatoms. The average Bonchev–Trinajstić information content (AvgIpc) is 2.74. The van der Waals surface area contributed by atoms with Crippen molar-refractivity contribution in [3.63, 3.8) is 0 Å². The number of rotatable bonds is 2. The SMILES string of the molecule is CS(=O)(=O)C1CSCCN1C(=O)c1csc(N)n1. The molecule has 1 aromatic heterocycles. The molecule has 1 aromatic rings. The van der Waals surface area contributed by atoms with Gasteiger partial charge in [-0.05, 0) is 0 Å². The van der Waals surface area contributed by atoms with Crippen molar-refractivity contribution in [1.29, 1.82) is 0 Å². The lowest BCUT2D eigenvalue weighted by atomic mass is 10.4. The number of nitrogens with zero attached hydrogens (tertiary/aromatic N) is 2. The Labute approximate surface area is 113 Å². The number of carbonyl (C=O) groups is 1. The minimum Gasteiger partial charge on any atom is -0.375 e. The second-order valence-electron chi connectivity index (χ2n) is 3.93. The predicted molar refractivity (Wildman–Crippen MR) is 73.5 cm³/mol. The fourth-order valence-electron chi connectivity index (χ4n) is 1.70. The molecule has 2 rings (SSSR count). The molecule has 1 aliphatic heterocycles. The van der Waals surface area contributed by atoms with Gasteiger partial charge in [-0.15, -0.1) is 11.3 Å². The Morgan fingerprint density at radius 2 is 2.33 bits per heavy atom. The van der Waals surface area contributed by atoms with Crippen molar-refractivity contribution in [3.05, 3.63) is 11.1 Å². The average molecular weight is 307 g/mol. The van der Waals surface area contributed by atoms with Gasteiger partial charge in [0.05, 0.1) is 0 Å². The van der Waals surface area contributed by atoms with Crippen LogP contribution in [0.2, 0.25) is 0 Å². The van der Waals surface area contributed by atoms with Crippen molar-refractivity contribution >= 4 is 44.0 Å². The van der Waals surface area contributed by atoms with Gasteiger partial charge in [-0.1, -0.05) is 0 Å². The van der Waals surface area contributed by atoms with E-state index in [-0.39, 0.29) is 11.6 Å². The molecular formula is C9H13N3O3S3. The van der Waals surface area contributed by atoms with Crippen molar-refractivity contribution < 1.29 is 13.2 Å². The number of nitrogen functional groups attached to an aromatic ring is 1. The highest BCUT2D eigenvalue weighted by atomic mass is 32.2. The number of carbonyl (C=O) groups excluding carboxylic acids is 1. The molecule has 0 aliphatic carbocycles. The number of hydrogen-bond donors (Lipinski definition) is 1. The van der Waals surface area contributed by atoms with Gasteiger partial charge in [-0.2, -0.15) is 11.8 Å². The molecular weight excluding hydrogens is 294 g/mol. The Kier molecular flexibility index (Phi) is 3.83. The Bertz CT molecular complexity index is 554. The highest BCUT2D eigenvalue weighted by Gasteiger charge is 2.35. The van der Waals surface area contributed by atoms with Crippen LogP contribution in [0, 0.1) is 0 Å². The maximum absolute atomic E-state index is 12.2. The van der Waals surface area contributed by atoms with E-state index in [1.165, 1.54) is 28.0 Å². The first-order chi connectivity index (χ1) is 8.39. The largest absolute Gasteiger partial charge is 0.375 e. The zero-order valence-corrected chi connectivity index (χ0v) is 12.1. The predicted octanol–water partition coefficient (Wildman–Crippen LogP) is 0.285. The van der Waals surface area contributed by atoms with Gasteiger partial charge in [0.25, 0.3) is 5.91 Å². The summed E-state index contributed by atoms with van der Waals surface area (Å²) in [6.07, 6.45) is 1.15. The quantitative estimate of drug-likeness (QED) is 0.844. The number of nitrogens with two attached hydrogens (primary N) is 1. The Hall–Kier alpha value is -0.800. The molecule has 1 amide bonds. The van der Waals surface area contributed by atoms with Gasteiger partial charge in [0, 0.05) is 29.7 Å². The molecule has 1 aliphatic rings. The molecule has 0 radical (unpaired) electrons. The van der Waals surface area contributed by atoms with E-state index in [9.17, 15) is 13.2 Å². The second kappa shape index (κ2) is 5.06. The molecule has 2 heterocycles. The van der Waals surface area contributed by atoms with Crippen LogP contribution in [0.3, 0.4) is 0 Å². The molecule has 0 spiro atoms.